The van der Waals surface area contributed by atoms with Crippen LogP contribution in [0.3, 0.4) is 0 Å². The lowest BCUT2D eigenvalue weighted by Gasteiger charge is -2.20. The third-order valence-corrected chi connectivity index (χ3v) is 6.08. The summed E-state index contributed by atoms with van der Waals surface area (Å²) in [5, 5.41) is 3.44. The molecule has 0 aliphatic heterocycles. The van der Waals surface area contributed by atoms with Gasteiger partial charge in [-0.15, -0.1) is 11.3 Å². The summed E-state index contributed by atoms with van der Waals surface area (Å²) in [5.41, 5.74) is 4.31. The van der Waals surface area contributed by atoms with E-state index in [2.05, 4.69) is 79.3 Å². The predicted octanol–water partition coefficient (Wildman–Crippen LogP) is 5.62. The Bertz CT molecular complexity index is 573. The molecule has 1 atom stereocenters. The molecule has 21 heavy (non-hydrogen) atoms. The van der Waals surface area contributed by atoms with Gasteiger partial charge in [-0.2, -0.15) is 0 Å². The molecule has 0 fully saturated rings. The van der Waals surface area contributed by atoms with Gasteiger partial charge >= 0.3 is 0 Å². The third kappa shape index (κ3) is 4.18. The summed E-state index contributed by atoms with van der Waals surface area (Å²) >= 11 is 5.45. The summed E-state index contributed by atoms with van der Waals surface area (Å²) in [6.07, 6.45) is 1.02. The van der Waals surface area contributed by atoms with E-state index in [4.69, 9.17) is 0 Å². The molecule has 0 radical (unpaired) electrons. The Kier molecular flexibility index (Phi) is 5.29. The quantitative estimate of drug-likeness (QED) is 0.741. The lowest BCUT2D eigenvalue weighted by molar-refractivity contribution is 0.586. The molecule has 0 bridgehead atoms. The van der Waals surface area contributed by atoms with E-state index in [1.807, 2.05) is 18.4 Å². The normalized spacial score (nSPS) is 13.4. The van der Waals surface area contributed by atoms with Gasteiger partial charge in [-0.1, -0.05) is 45.0 Å². The highest BCUT2D eigenvalue weighted by Crippen LogP contribution is 2.33. The number of likely N-dealkylation sites (N-methyl/N-ethyl adjacent to an activating group) is 1. The topological polar surface area (TPSA) is 12.0 Å². The smallest absolute Gasteiger partial charge is 0.0731 e. The maximum Gasteiger partial charge on any atom is 0.0731 e. The fourth-order valence-corrected chi connectivity index (χ4v) is 4.06. The van der Waals surface area contributed by atoms with E-state index in [-0.39, 0.29) is 5.41 Å². The highest BCUT2D eigenvalue weighted by atomic mass is 79.9. The van der Waals surface area contributed by atoms with Gasteiger partial charge in [0.05, 0.1) is 3.79 Å². The predicted molar refractivity (Wildman–Crippen MR) is 97.4 cm³/mol. The molecule has 1 nitrogen and oxygen atoms in total. The minimum absolute atomic E-state index is 0.219. The van der Waals surface area contributed by atoms with Crippen LogP contribution in [0, 0.1) is 6.92 Å². The molecule has 1 heterocycles. The number of nitrogens with one attached hydrogen (secondary N) is 1. The van der Waals surface area contributed by atoms with Crippen LogP contribution in [0.25, 0.3) is 0 Å². The van der Waals surface area contributed by atoms with Crippen molar-refractivity contribution in [2.45, 2.75) is 45.6 Å². The SMILES string of the molecule is CNC(Cc1ccc(C(C)(C)C)cc1)c1cc(C)c(Br)s1. The average Bonchev–Trinajstić information content (AvgIpc) is 2.75. The van der Waals surface area contributed by atoms with Crippen molar-refractivity contribution in [2.75, 3.05) is 7.05 Å². The second-order valence-electron chi connectivity index (χ2n) is 6.60. The zero-order chi connectivity index (χ0) is 15.6. The molecular weight excluding hydrogens is 342 g/mol. The summed E-state index contributed by atoms with van der Waals surface area (Å²) in [6.45, 7) is 8.91. The van der Waals surface area contributed by atoms with Crippen LogP contribution in [0.2, 0.25) is 0 Å². The van der Waals surface area contributed by atoms with Crippen molar-refractivity contribution in [2.24, 2.45) is 0 Å². The fourth-order valence-electron chi connectivity index (χ4n) is 2.38. The van der Waals surface area contributed by atoms with Gasteiger partial charge in [-0.3, -0.25) is 0 Å². The van der Waals surface area contributed by atoms with Crippen molar-refractivity contribution in [3.8, 4) is 0 Å². The molecule has 0 spiro atoms. The Morgan fingerprint density at radius 3 is 2.24 bits per heavy atom. The maximum atomic E-state index is 3.62. The van der Waals surface area contributed by atoms with Crippen molar-refractivity contribution in [3.63, 3.8) is 0 Å². The second-order valence-corrected chi connectivity index (χ2v) is 9.00. The monoisotopic (exact) mass is 365 g/mol. The Balaban J connectivity index is 2.15. The van der Waals surface area contributed by atoms with E-state index in [1.54, 1.807) is 0 Å². The van der Waals surface area contributed by atoms with Crippen molar-refractivity contribution in [3.05, 3.63) is 55.7 Å². The highest BCUT2D eigenvalue weighted by molar-refractivity contribution is 9.11. The zero-order valence-corrected chi connectivity index (χ0v) is 15.9. The van der Waals surface area contributed by atoms with Crippen molar-refractivity contribution in [1.29, 1.82) is 0 Å². The van der Waals surface area contributed by atoms with Crippen LogP contribution in [0.1, 0.15) is 48.4 Å². The van der Waals surface area contributed by atoms with E-state index < -0.39 is 0 Å². The van der Waals surface area contributed by atoms with Gasteiger partial charge < -0.3 is 5.32 Å². The summed E-state index contributed by atoms with van der Waals surface area (Å²) in [6, 6.07) is 11.7. The highest BCUT2D eigenvalue weighted by Gasteiger charge is 2.16. The molecule has 0 aliphatic carbocycles. The molecule has 2 rings (SSSR count). The van der Waals surface area contributed by atoms with Crippen molar-refractivity contribution < 1.29 is 0 Å². The van der Waals surface area contributed by atoms with Gasteiger partial charge in [-0.05, 0) is 64.5 Å². The Morgan fingerprint density at radius 2 is 1.81 bits per heavy atom. The van der Waals surface area contributed by atoms with Crippen molar-refractivity contribution >= 4 is 27.3 Å². The number of hydrogen-bond donors (Lipinski definition) is 1. The lowest BCUT2D eigenvalue weighted by atomic mass is 9.86. The fraction of sp³-hybridized carbons (Fsp3) is 0.444. The minimum Gasteiger partial charge on any atom is -0.312 e. The van der Waals surface area contributed by atoms with Crippen LogP contribution in [-0.2, 0) is 11.8 Å². The summed E-state index contributed by atoms with van der Waals surface area (Å²) in [5.74, 6) is 0. The number of halogens is 1. The number of benzene rings is 1. The summed E-state index contributed by atoms with van der Waals surface area (Å²) in [4.78, 5) is 1.39. The first-order valence-electron chi connectivity index (χ1n) is 7.34. The lowest BCUT2D eigenvalue weighted by Crippen LogP contribution is -2.18. The first-order chi connectivity index (χ1) is 9.81. The number of thiophene rings is 1. The van der Waals surface area contributed by atoms with Gasteiger partial charge in [-0.25, -0.2) is 0 Å². The van der Waals surface area contributed by atoms with Gasteiger partial charge in [0.25, 0.3) is 0 Å². The molecule has 1 unspecified atom stereocenters. The van der Waals surface area contributed by atoms with Crippen LogP contribution in [0.4, 0.5) is 0 Å². The Morgan fingerprint density at radius 1 is 1.19 bits per heavy atom. The molecule has 3 heteroatoms. The van der Waals surface area contributed by atoms with E-state index >= 15 is 0 Å². The second kappa shape index (κ2) is 6.64. The molecule has 0 amide bonds. The minimum atomic E-state index is 0.219. The van der Waals surface area contributed by atoms with E-state index in [1.165, 1.54) is 25.4 Å². The molecule has 0 saturated carbocycles. The number of hydrogen-bond acceptors (Lipinski definition) is 2. The van der Waals surface area contributed by atoms with Crippen LogP contribution in [0.5, 0.6) is 0 Å². The van der Waals surface area contributed by atoms with Crippen LogP contribution < -0.4 is 5.32 Å². The van der Waals surface area contributed by atoms with Crippen LogP contribution in [-0.4, -0.2) is 7.05 Å². The third-order valence-electron chi connectivity index (χ3n) is 3.83. The number of aryl methyl sites for hydroxylation is 1. The molecule has 2 aromatic rings. The molecular formula is C18H24BrNS. The van der Waals surface area contributed by atoms with Gasteiger partial charge in [0.1, 0.15) is 0 Å². The van der Waals surface area contributed by atoms with Crippen LogP contribution in [0.15, 0.2) is 34.1 Å². The average molecular weight is 366 g/mol. The first kappa shape index (κ1) is 16.7. The van der Waals surface area contributed by atoms with Crippen molar-refractivity contribution in [1.82, 2.24) is 5.32 Å². The van der Waals surface area contributed by atoms with E-state index in [0.717, 1.165) is 6.42 Å². The standard InChI is InChI=1S/C18H24BrNS/c1-12-10-16(21-17(12)19)15(20-5)11-13-6-8-14(9-7-13)18(2,3)4/h6-10,15,20H,11H2,1-5H3. The largest absolute Gasteiger partial charge is 0.312 e. The molecule has 0 saturated heterocycles. The van der Waals surface area contributed by atoms with E-state index in [9.17, 15) is 0 Å². The zero-order valence-electron chi connectivity index (χ0n) is 13.5. The molecule has 1 N–H and O–H groups in total. The van der Waals surface area contributed by atoms with Gasteiger partial charge in [0.15, 0.2) is 0 Å². The molecule has 1 aromatic carbocycles. The molecule has 114 valence electrons. The Labute approximate surface area is 140 Å². The van der Waals surface area contributed by atoms with Gasteiger partial charge in [0.2, 0.25) is 0 Å². The maximum absolute atomic E-state index is 3.62. The summed E-state index contributed by atoms with van der Waals surface area (Å²) in [7, 11) is 2.04. The Hall–Kier alpha value is -0.640. The first-order valence-corrected chi connectivity index (χ1v) is 8.94. The summed E-state index contributed by atoms with van der Waals surface area (Å²) < 4.78 is 1.24. The van der Waals surface area contributed by atoms with E-state index in [0.29, 0.717) is 6.04 Å². The number of rotatable bonds is 4. The van der Waals surface area contributed by atoms with Crippen LogP contribution >= 0.6 is 27.3 Å². The molecule has 1 aromatic heterocycles. The molecule has 0 aliphatic rings. The van der Waals surface area contributed by atoms with Gasteiger partial charge in [0, 0.05) is 10.9 Å².